The van der Waals surface area contributed by atoms with Gasteiger partial charge in [-0.3, -0.25) is 4.79 Å². The maximum absolute atomic E-state index is 12.6. The molecular weight excluding hydrogens is 399 g/mol. The highest BCUT2D eigenvalue weighted by Gasteiger charge is 2.32. The average molecular weight is 417 g/mol. The van der Waals surface area contributed by atoms with Crippen molar-refractivity contribution in [2.24, 2.45) is 5.92 Å². The second-order valence-corrected chi connectivity index (χ2v) is 7.20. The summed E-state index contributed by atoms with van der Waals surface area (Å²) >= 11 is 0. The van der Waals surface area contributed by atoms with Crippen molar-refractivity contribution in [3.05, 3.63) is 37.2 Å². The third-order valence-corrected chi connectivity index (χ3v) is 4.71. The van der Waals surface area contributed by atoms with E-state index in [0.717, 1.165) is 5.39 Å². The molecule has 0 radical (unpaired) electrons. The van der Waals surface area contributed by atoms with E-state index >= 15 is 0 Å². The predicted octanol–water partition coefficient (Wildman–Crippen LogP) is 3.25. The second kappa shape index (κ2) is 7.39. The normalized spacial score (nSPS) is 13.3. The summed E-state index contributed by atoms with van der Waals surface area (Å²) in [6.07, 6.45) is 3.54. The minimum Gasteiger partial charge on any atom is -0.345 e. The smallest absolute Gasteiger partial charge is 0.345 e. The van der Waals surface area contributed by atoms with Crippen molar-refractivity contribution in [3.8, 4) is 11.4 Å². The molecule has 0 saturated heterocycles. The predicted molar refractivity (Wildman–Crippen MR) is 103 cm³/mol. The fraction of sp³-hybridized carbons (Fsp3) is 0.316. The number of aromatic amines is 1. The lowest BCUT2D eigenvalue weighted by Gasteiger charge is -2.23. The van der Waals surface area contributed by atoms with Gasteiger partial charge in [-0.25, -0.2) is 19.9 Å². The van der Waals surface area contributed by atoms with E-state index in [0.29, 0.717) is 28.1 Å². The van der Waals surface area contributed by atoms with E-state index in [-0.39, 0.29) is 5.92 Å². The number of nitrogens with one attached hydrogen (secondary N) is 2. The fourth-order valence-electron chi connectivity index (χ4n) is 3.38. The van der Waals surface area contributed by atoms with E-state index in [9.17, 15) is 18.0 Å². The quantitative estimate of drug-likeness (QED) is 0.519. The van der Waals surface area contributed by atoms with Crippen LogP contribution in [0, 0.1) is 5.92 Å². The zero-order chi connectivity index (χ0) is 21.5. The van der Waals surface area contributed by atoms with Gasteiger partial charge in [-0.2, -0.15) is 13.2 Å². The number of H-pyrrole nitrogens is 1. The fourth-order valence-corrected chi connectivity index (χ4v) is 3.38. The average Bonchev–Trinajstić information content (AvgIpc) is 3.30. The maximum atomic E-state index is 12.6. The highest BCUT2D eigenvalue weighted by Crippen LogP contribution is 2.28. The minimum absolute atomic E-state index is 0.270. The van der Waals surface area contributed by atoms with E-state index < -0.39 is 24.7 Å². The van der Waals surface area contributed by atoms with E-state index in [1.54, 1.807) is 49.3 Å². The standard InChI is InChI=1S/C19H18F3N7O/c1-10(2)14(18(30)26-8-19(20,21)22)29-4-3-11-5-24-16(28-17(11)29)13-7-25-15-12(13)6-23-9-27-15/h3-7,9-10,14H,8H2,1-2H3,(H,26,30)(H,23,25,27). The summed E-state index contributed by atoms with van der Waals surface area (Å²) in [4.78, 5) is 32.7. The molecule has 0 aliphatic carbocycles. The summed E-state index contributed by atoms with van der Waals surface area (Å²) in [6, 6.07) is 0.864. The molecular formula is C19H18F3N7O. The Morgan fingerprint density at radius 2 is 2.07 bits per heavy atom. The number of alkyl halides is 3. The first kappa shape index (κ1) is 19.8. The van der Waals surface area contributed by atoms with Crippen LogP contribution >= 0.6 is 0 Å². The summed E-state index contributed by atoms with van der Waals surface area (Å²) in [5.74, 6) is -0.601. The Morgan fingerprint density at radius 1 is 1.27 bits per heavy atom. The molecule has 156 valence electrons. The molecule has 4 rings (SSSR count). The molecule has 2 N–H and O–H groups in total. The van der Waals surface area contributed by atoms with Gasteiger partial charge in [-0.05, 0) is 12.0 Å². The van der Waals surface area contributed by atoms with Crippen LogP contribution in [0.2, 0.25) is 0 Å². The van der Waals surface area contributed by atoms with Gasteiger partial charge >= 0.3 is 6.18 Å². The van der Waals surface area contributed by atoms with Crippen LogP contribution in [0.25, 0.3) is 33.5 Å². The first-order valence-corrected chi connectivity index (χ1v) is 9.20. The van der Waals surface area contributed by atoms with Crippen molar-refractivity contribution in [2.75, 3.05) is 6.54 Å². The monoisotopic (exact) mass is 417 g/mol. The Labute approximate surface area is 168 Å². The maximum Gasteiger partial charge on any atom is 0.405 e. The molecule has 0 spiro atoms. The highest BCUT2D eigenvalue weighted by atomic mass is 19.4. The molecule has 11 heteroatoms. The Hall–Kier alpha value is -3.50. The summed E-state index contributed by atoms with van der Waals surface area (Å²) < 4.78 is 39.3. The summed E-state index contributed by atoms with van der Waals surface area (Å²) in [5.41, 5.74) is 1.76. The van der Waals surface area contributed by atoms with Crippen LogP contribution in [0.1, 0.15) is 19.9 Å². The van der Waals surface area contributed by atoms with E-state index in [2.05, 4.69) is 24.9 Å². The van der Waals surface area contributed by atoms with Crippen LogP contribution < -0.4 is 5.32 Å². The molecule has 0 bridgehead atoms. The van der Waals surface area contributed by atoms with Crippen molar-refractivity contribution >= 4 is 28.0 Å². The molecule has 0 fully saturated rings. The molecule has 1 unspecified atom stereocenters. The number of hydrogen-bond donors (Lipinski definition) is 2. The number of fused-ring (bicyclic) bond motifs is 2. The molecule has 4 aromatic heterocycles. The number of carbonyl (C=O) groups is 1. The Morgan fingerprint density at radius 3 is 2.80 bits per heavy atom. The second-order valence-electron chi connectivity index (χ2n) is 7.20. The topological polar surface area (TPSA) is 101 Å². The van der Waals surface area contributed by atoms with Gasteiger partial charge in [-0.1, -0.05) is 13.8 Å². The van der Waals surface area contributed by atoms with E-state index in [4.69, 9.17) is 0 Å². The van der Waals surface area contributed by atoms with Crippen LogP contribution in [-0.2, 0) is 4.79 Å². The van der Waals surface area contributed by atoms with Crippen molar-refractivity contribution in [2.45, 2.75) is 26.1 Å². The van der Waals surface area contributed by atoms with Crippen molar-refractivity contribution in [3.63, 3.8) is 0 Å². The molecule has 4 aromatic rings. The summed E-state index contributed by atoms with van der Waals surface area (Å²) in [6.45, 7) is 2.15. The number of carbonyl (C=O) groups excluding carboxylic acids is 1. The van der Waals surface area contributed by atoms with Gasteiger partial charge in [0.25, 0.3) is 0 Å². The first-order chi connectivity index (χ1) is 14.2. The molecule has 1 amide bonds. The lowest BCUT2D eigenvalue weighted by atomic mass is 10.0. The number of nitrogens with zero attached hydrogens (tertiary/aromatic N) is 5. The van der Waals surface area contributed by atoms with Crippen molar-refractivity contribution < 1.29 is 18.0 Å². The lowest BCUT2D eigenvalue weighted by Crippen LogP contribution is -2.40. The van der Waals surface area contributed by atoms with Crippen LogP contribution in [0.4, 0.5) is 13.2 Å². The largest absolute Gasteiger partial charge is 0.405 e. The SMILES string of the molecule is CC(C)C(C(=O)NCC(F)(F)F)n1ccc2cnc(-c3c[nH]c4ncncc34)nc21. The minimum atomic E-state index is -4.48. The third kappa shape index (κ3) is 3.70. The molecule has 1 atom stereocenters. The number of rotatable bonds is 5. The van der Waals surface area contributed by atoms with Crippen LogP contribution in [-0.4, -0.2) is 48.1 Å². The molecule has 0 aliphatic heterocycles. The summed E-state index contributed by atoms with van der Waals surface area (Å²) in [5, 5.41) is 3.38. The highest BCUT2D eigenvalue weighted by molar-refractivity contribution is 5.92. The van der Waals surface area contributed by atoms with Gasteiger partial charge in [0.05, 0.1) is 0 Å². The van der Waals surface area contributed by atoms with Gasteiger partial charge in [0.1, 0.15) is 30.2 Å². The van der Waals surface area contributed by atoms with Gasteiger partial charge in [0.15, 0.2) is 5.82 Å². The van der Waals surface area contributed by atoms with E-state index in [1.807, 2.05) is 5.32 Å². The van der Waals surface area contributed by atoms with Gasteiger partial charge in [0, 0.05) is 41.1 Å². The molecule has 30 heavy (non-hydrogen) atoms. The first-order valence-electron chi connectivity index (χ1n) is 9.20. The van der Waals surface area contributed by atoms with Crippen LogP contribution in [0.3, 0.4) is 0 Å². The van der Waals surface area contributed by atoms with Crippen molar-refractivity contribution in [1.82, 2.24) is 34.8 Å². The molecule has 4 heterocycles. The molecule has 8 nitrogen and oxygen atoms in total. The van der Waals surface area contributed by atoms with Crippen LogP contribution in [0.15, 0.2) is 37.2 Å². The Kier molecular flexibility index (Phi) is 4.88. The number of amides is 1. The number of halogens is 3. The molecule has 0 saturated carbocycles. The number of hydrogen-bond acceptors (Lipinski definition) is 5. The van der Waals surface area contributed by atoms with Crippen LogP contribution in [0.5, 0.6) is 0 Å². The molecule has 0 aromatic carbocycles. The Balaban J connectivity index is 1.75. The van der Waals surface area contributed by atoms with Crippen molar-refractivity contribution in [1.29, 1.82) is 0 Å². The zero-order valence-corrected chi connectivity index (χ0v) is 16.1. The van der Waals surface area contributed by atoms with Gasteiger partial charge in [0.2, 0.25) is 5.91 Å². The third-order valence-electron chi connectivity index (χ3n) is 4.71. The zero-order valence-electron chi connectivity index (χ0n) is 16.1. The number of aromatic nitrogens is 6. The van der Waals surface area contributed by atoms with Gasteiger partial charge in [-0.15, -0.1) is 0 Å². The van der Waals surface area contributed by atoms with Gasteiger partial charge < -0.3 is 14.9 Å². The van der Waals surface area contributed by atoms with E-state index in [1.165, 1.54) is 6.33 Å². The molecule has 0 aliphatic rings. The summed E-state index contributed by atoms with van der Waals surface area (Å²) in [7, 11) is 0. The Bertz CT molecular complexity index is 1210. The lowest BCUT2D eigenvalue weighted by molar-refractivity contribution is -0.141.